The van der Waals surface area contributed by atoms with Gasteiger partial charge in [0.1, 0.15) is 5.82 Å². The van der Waals surface area contributed by atoms with E-state index < -0.39 is 0 Å². The third-order valence-electron chi connectivity index (χ3n) is 5.60. The zero-order valence-corrected chi connectivity index (χ0v) is 16.7. The van der Waals surface area contributed by atoms with Crippen LogP contribution in [0.1, 0.15) is 51.0 Å². The second kappa shape index (κ2) is 8.60. The van der Waals surface area contributed by atoms with Crippen LogP contribution < -0.4 is 5.56 Å². The lowest BCUT2D eigenvalue weighted by atomic mass is 10.0. The van der Waals surface area contributed by atoms with Crippen molar-refractivity contribution in [2.75, 3.05) is 0 Å². The van der Waals surface area contributed by atoms with Gasteiger partial charge in [0, 0.05) is 11.3 Å². The molecule has 0 aliphatic heterocycles. The van der Waals surface area contributed by atoms with Crippen molar-refractivity contribution in [3.63, 3.8) is 0 Å². The van der Waals surface area contributed by atoms with Gasteiger partial charge in [-0.05, 0) is 44.0 Å². The summed E-state index contributed by atoms with van der Waals surface area (Å²) in [5.74, 6) is -0.331. The van der Waals surface area contributed by atoms with Crippen molar-refractivity contribution < 1.29 is 4.39 Å². The highest BCUT2D eigenvalue weighted by Crippen LogP contribution is 2.24. The molecule has 2 aromatic carbocycles. The number of hydrogen-bond donors (Lipinski definition) is 1. The van der Waals surface area contributed by atoms with Gasteiger partial charge in [-0.25, -0.2) is 9.07 Å². The molecule has 0 saturated heterocycles. The Bertz CT molecular complexity index is 1040. The normalized spacial score (nSPS) is 16.0. The Labute approximate surface area is 170 Å². The topological polar surface area (TPSA) is 50.1 Å². The molecule has 4 rings (SSSR count). The molecule has 0 radical (unpaired) electrons. The summed E-state index contributed by atoms with van der Waals surface area (Å²) in [4.78, 5) is 18.3. The third kappa shape index (κ3) is 4.24. The monoisotopic (exact) mass is 391 g/mol. The van der Waals surface area contributed by atoms with Crippen LogP contribution in [0.5, 0.6) is 0 Å². The largest absolute Gasteiger partial charge is 0.290 e. The van der Waals surface area contributed by atoms with Crippen LogP contribution in [0.15, 0.2) is 64.4 Å². The molecule has 1 aliphatic carbocycles. The van der Waals surface area contributed by atoms with E-state index in [0.717, 1.165) is 29.8 Å². The fraction of sp³-hybridized carbons (Fsp3) is 0.333. The fourth-order valence-electron chi connectivity index (χ4n) is 4.08. The van der Waals surface area contributed by atoms with Crippen molar-refractivity contribution in [1.82, 2.24) is 9.78 Å². The minimum absolute atomic E-state index is 0.162. The van der Waals surface area contributed by atoms with Crippen molar-refractivity contribution in [3.8, 4) is 16.9 Å². The summed E-state index contributed by atoms with van der Waals surface area (Å²) >= 11 is 0. The zero-order valence-electron chi connectivity index (χ0n) is 16.7. The first-order chi connectivity index (χ1) is 14.1. The van der Waals surface area contributed by atoms with Crippen LogP contribution in [-0.2, 0) is 0 Å². The molecule has 1 fully saturated rings. The molecular formula is C24H26FN3O. The summed E-state index contributed by atoms with van der Waals surface area (Å²) in [6.07, 6.45) is 7.08. The molecule has 29 heavy (non-hydrogen) atoms. The Morgan fingerprint density at radius 1 is 1.00 bits per heavy atom. The summed E-state index contributed by atoms with van der Waals surface area (Å²) in [7, 11) is 0. The minimum Gasteiger partial charge on any atom is -0.290 e. The average Bonchev–Trinajstić information content (AvgIpc) is 2.89. The highest BCUT2D eigenvalue weighted by atomic mass is 19.1. The Morgan fingerprint density at radius 2 is 1.66 bits per heavy atom. The number of H-pyrrole nitrogens is 1. The van der Waals surface area contributed by atoms with E-state index in [1.54, 1.807) is 12.1 Å². The molecule has 1 heterocycles. The fourth-order valence-corrected chi connectivity index (χ4v) is 4.08. The first kappa shape index (κ1) is 19.4. The summed E-state index contributed by atoms with van der Waals surface area (Å²) in [6, 6.07) is 16.0. The number of aliphatic imine (C=N–C) groups is 1. The van der Waals surface area contributed by atoms with Crippen LogP contribution >= 0.6 is 0 Å². The van der Waals surface area contributed by atoms with E-state index in [4.69, 9.17) is 4.99 Å². The van der Waals surface area contributed by atoms with Crippen LogP contribution in [0, 0.1) is 5.82 Å². The number of aromatic nitrogens is 2. The lowest BCUT2D eigenvalue weighted by molar-refractivity contribution is 0.586. The number of aromatic amines is 1. The molecule has 4 nitrogen and oxygen atoms in total. The standard InChI is InChI=1S/C24H26FN3O/c1-17(26-20-11-7-2-3-8-12-20)22-23(18-9-5-4-6-10-18)27-28(24(22)29)21-15-13-19(25)14-16-21/h4-6,9-10,13-16,20,27H,2-3,7-8,11-12H2,1H3. The molecule has 1 aliphatic rings. The lowest BCUT2D eigenvalue weighted by Crippen LogP contribution is -2.20. The average molecular weight is 391 g/mol. The SMILES string of the molecule is CC(=NC1CCCCCC1)c1c(-c2ccccc2)[nH]n(-c2ccc(F)cc2)c1=O. The van der Waals surface area contributed by atoms with Crippen LogP contribution in [0.4, 0.5) is 4.39 Å². The van der Waals surface area contributed by atoms with E-state index in [2.05, 4.69) is 5.10 Å². The van der Waals surface area contributed by atoms with E-state index in [-0.39, 0.29) is 17.4 Å². The predicted molar refractivity (Wildman–Crippen MR) is 115 cm³/mol. The van der Waals surface area contributed by atoms with E-state index in [9.17, 15) is 9.18 Å². The molecule has 0 unspecified atom stereocenters. The third-order valence-corrected chi connectivity index (χ3v) is 5.60. The molecule has 5 heteroatoms. The molecule has 1 saturated carbocycles. The summed E-state index contributed by atoms with van der Waals surface area (Å²) in [5, 5.41) is 3.23. The van der Waals surface area contributed by atoms with Crippen LogP contribution in [0.25, 0.3) is 16.9 Å². The van der Waals surface area contributed by atoms with E-state index >= 15 is 0 Å². The van der Waals surface area contributed by atoms with Crippen LogP contribution in [0.3, 0.4) is 0 Å². The second-order valence-electron chi connectivity index (χ2n) is 7.70. The maximum absolute atomic E-state index is 13.4. The number of nitrogens with one attached hydrogen (secondary N) is 1. The van der Waals surface area contributed by atoms with Gasteiger partial charge in [-0.15, -0.1) is 0 Å². The van der Waals surface area contributed by atoms with Gasteiger partial charge in [-0.1, -0.05) is 56.0 Å². The van der Waals surface area contributed by atoms with E-state index in [1.807, 2.05) is 37.3 Å². The van der Waals surface area contributed by atoms with Crippen molar-refractivity contribution in [2.45, 2.75) is 51.5 Å². The van der Waals surface area contributed by atoms with Gasteiger partial charge >= 0.3 is 0 Å². The van der Waals surface area contributed by atoms with Crippen molar-refractivity contribution >= 4 is 5.71 Å². The Hall–Kier alpha value is -2.95. The van der Waals surface area contributed by atoms with Gasteiger partial charge in [0.25, 0.3) is 5.56 Å². The first-order valence-electron chi connectivity index (χ1n) is 10.3. The summed E-state index contributed by atoms with van der Waals surface area (Å²) in [5.41, 5.74) is 3.46. The molecule has 0 amide bonds. The number of halogens is 1. The van der Waals surface area contributed by atoms with Crippen LogP contribution in [0.2, 0.25) is 0 Å². The molecule has 1 aromatic heterocycles. The van der Waals surface area contributed by atoms with Crippen LogP contribution in [-0.4, -0.2) is 21.5 Å². The molecule has 0 atom stereocenters. The second-order valence-corrected chi connectivity index (χ2v) is 7.70. The summed E-state index contributed by atoms with van der Waals surface area (Å²) in [6.45, 7) is 1.93. The summed E-state index contributed by atoms with van der Waals surface area (Å²) < 4.78 is 14.8. The van der Waals surface area contributed by atoms with Crippen molar-refractivity contribution in [3.05, 3.63) is 76.3 Å². The van der Waals surface area contributed by atoms with Gasteiger partial charge in [0.2, 0.25) is 0 Å². The Balaban J connectivity index is 1.82. The zero-order chi connectivity index (χ0) is 20.2. The first-order valence-corrected chi connectivity index (χ1v) is 10.3. The molecular weight excluding hydrogens is 365 g/mol. The number of nitrogens with zero attached hydrogens (tertiary/aromatic N) is 2. The molecule has 0 spiro atoms. The van der Waals surface area contributed by atoms with Crippen molar-refractivity contribution in [2.24, 2.45) is 4.99 Å². The molecule has 3 aromatic rings. The lowest BCUT2D eigenvalue weighted by Gasteiger charge is -2.10. The number of hydrogen-bond acceptors (Lipinski definition) is 2. The van der Waals surface area contributed by atoms with Gasteiger partial charge in [0.05, 0.1) is 23.0 Å². The maximum Gasteiger partial charge on any atom is 0.280 e. The number of rotatable bonds is 4. The van der Waals surface area contributed by atoms with Gasteiger partial charge in [0.15, 0.2) is 0 Å². The van der Waals surface area contributed by atoms with E-state index in [0.29, 0.717) is 11.3 Å². The molecule has 150 valence electrons. The minimum atomic E-state index is -0.331. The quantitative estimate of drug-likeness (QED) is 0.463. The van der Waals surface area contributed by atoms with Gasteiger partial charge in [-0.3, -0.25) is 14.9 Å². The predicted octanol–water partition coefficient (Wildman–Crippen LogP) is 5.50. The molecule has 0 bridgehead atoms. The maximum atomic E-state index is 13.4. The highest BCUT2D eigenvalue weighted by molar-refractivity contribution is 6.03. The smallest absolute Gasteiger partial charge is 0.280 e. The highest BCUT2D eigenvalue weighted by Gasteiger charge is 2.20. The number of benzene rings is 2. The molecule has 1 N–H and O–H groups in total. The van der Waals surface area contributed by atoms with E-state index in [1.165, 1.54) is 42.5 Å². The van der Waals surface area contributed by atoms with Gasteiger partial charge in [-0.2, -0.15) is 0 Å². The van der Waals surface area contributed by atoms with Crippen molar-refractivity contribution in [1.29, 1.82) is 0 Å². The van der Waals surface area contributed by atoms with Gasteiger partial charge < -0.3 is 0 Å². The Kier molecular flexibility index (Phi) is 5.74. The Morgan fingerprint density at radius 3 is 2.31 bits per heavy atom.